The average molecular weight is 289 g/mol. The molecule has 5 nitrogen and oxygen atoms in total. The third-order valence-electron chi connectivity index (χ3n) is 3.76. The van der Waals surface area contributed by atoms with E-state index in [2.05, 4.69) is 10.6 Å². The minimum atomic E-state index is -0.136. The summed E-state index contributed by atoms with van der Waals surface area (Å²) in [5.41, 5.74) is 7.30. The second-order valence-corrected chi connectivity index (χ2v) is 5.52. The number of anilines is 1. The third-order valence-corrected chi connectivity index (χ3v) is 3.76. The van der Waals surface area contributed by atoms with Crippen LogP contribution in [0.2, 0.25) is 0 Å². The summed E-state index contributed by atoms with van der Waals surface area (Å²) in [6.07, 6.45) is 2.71. The molecule has 1 aliphatic carbocycles. The largest absolute Gasteiger partial charge is 0.352 e. The smallest absolute Gasteiger partial charge is 0.227 e. The van der Waals surface area contributed by atoms with Crippen molar-refractivity contribution in [3.63, 3.8) is 0 Å². The molecule has 1 aromatic rings. The number of hydrogen-bond acceptors (Lipinski definition) is 3. The molecule has 2 rings (SSSR count). The quantitative estimate of drug-likeness (QED) is 0.713. The van der Waals surface area contributed by atoms with Crippen molar-refractivity contribution in [1.82, 2.24) is 5.32 Å². The summed E-state index contributed by atoms with van der Waals surface area (Å²) >= 11 is 0. The van der Waals surface area contributed by atoms with Gasteiger partial charge in [-0.15, -0.1) is 0 Å². The highest BCUT2D eigenvalue weighted by molar-refractivity contribution is 5.94. The van der Waals surface area contributed by atoms with E-state index in [0.717, 1.165) is 30.5 Å². The summed E-state index contributed by atoms with van der Waals surface area (Å²) in [4.78, 5) is 23.6. The van der Waals surface area contributed by atoms with Gasteiger partial charge in [-0.2, -0.15) is 0 Å². The van der Waals surface area contributed by atoms with Crippen LogP contribution in [0.1, 0.15) is 31.7 Å². The number of carbonyl (C=O) groups excluding carboxylic acids is 2. The SMILES string of the molecule is CCC(CN)C(=O)NCc1cccc(NC(=O)C2CC2)c1. The third kappa shape index (κ3) is 4.56. The molecule has 0 aliphatic heterocycles. The van der Waals surface area contributed by atoms with Crippen LogP contribution in [0.15, 0.2) is 24.3 Å². The lowest BCUT2D eigenvalue weighted by Crippen LogP contribution is -2.34. The second-order valence-electron chi connectivity index (χ2n) is 5.52. The molecule has 1 unspecified atom stereocenters. The van der Waals surface area contributed by atoms with Gasteiger partial charge in [-0.25, -0.2) is 0 Å². The molecule has 1 aromatic carbocycles. The summed E-state index contributed by atoms with van der Waals surface area (Å²) < 4.78 is 0. The van der Waals surface area contributed by atoms with Crippen molar-refractivity contribution in [2.75, 3.05) is 11.9 Å². The lowest BCUT2D eigenvalue weighted by Gasteiger charge is -2.13. The van der Waals surface area contributed by atoms with Gasteiger partial charge in [0, 0.05) is 30.6 Å². The lowest BCUT2D eigenvalue weighted by atomic mass is 10.1. The number of hydrogen-bond donors (Lipinski definition) is 3. The standard InChI is InChI=1S/C16H23N3O2/c1-2-12(9-17)15(20)18-10-11-4-3-5-14(8-11)19-16(21)13-6-7-13/h3-5,8,12-13H,2,6-7,9-10,17H2,1H3,(H,18,20)(H,19,21). The first-order valence-electron chi connectivity index (χ1n) is 7.51. The molecule has 114 valence electrons. The van der Waals surface area contributed by atoms with Crippen molar-refractivity contribution in [2.45, 2.75) is 32.7 Å². The molecule has 0 spiro atoms. The zero-order valence-electron chi connectivity index (χ0n) is 12.4. The molecule has 4 N–H and O–H groups in total. The number of nitrogens with one attached hydrogen (secondary N) is 2. The van der Waals surface area contributed by atoms with Crippen molar-refractivity contribution >= 4 is 17.5 Å². The van der Waals surface area contributed by atoms with Crippen molar-refractivity contribution in [2.24, 2.45) is 17.6 Å². The van der Waals surface area contributed by atoms with E-state index in [-0.39, 0.29) is 23.7 Å². The zero-order valence-corrected chi connectivity index (χ0v) is 12.4. The van der Waals surface area contributed by atoms with Gasteiger partial charge < -0.3 is 16.4 Å². The van der Waals surface area contributed by atoms with E-state index in [1.54, 1.807) is 0 Å². The molecular weight excluding hydrogens is 266 g/mol. The number of benzene rings is 1. The highest BCUT2D eigenvalue weighted by atomic mass is 16.2. The van der Waals surface area contributed by atoms with Gasteiger partial charge in [-0.3, -0.25) is 9.59 Å². The fourth-order valence-corrected chi connectivity index (χ4v) is 2.14. The Labute approximate surface area is 125 Å². The van der Waals surface area contributed by atoms with Crippen LogP contribution in [0, 0.1) is 11.8 Å². The highest BCUT2D eigenvalue weighted by Gasteiger charge is 2.29. The molecule has 21 heavy (non-hydrogen) atoms. The fourth-order valence-electron chi connectivity index (χ4n) is 2.14. The summed E-state index contributed by atoms with van der Waals surface area (Å²) in [5, 5.41) is 5.79. The van der Waals surface area contributed by atoms with Crippen LogP contribution in [0.3, 0.4) is 0 Å². The number of amides is 2. The molecule has 0 radical (unpaired) electrons. The van der Waals surface area contributed by atoms with E-state index >= 15 is 0 Å². The number of rotatable bonds is 7. The summed E-state index contributed by atoms with van der Waals surface area (Å²) in [6, 6.07) is 7.56. The highest BCUT2D eigenvalue weighted by Crippen LogP contribution is 2.30. The van der Waals surface area contributed by atoms with Crippen LogP contribution in [-0.4, -0.2) is 18.4 Å². The molecule has 1 fully saturated rings. The van der Waals surface area contributed by atoms with Gasteiger partial charge in [-0.1, -0.05) is 19.1 Å². The van der Waals surface area contributed by atoms with Crippen molar-refractivity contribution in [3.05, 3.63) is 29.8 Å². The Hall–Kier alpha value is -1.88. The minimum absolute atomic E-state index is 0.0209. The van der Waals surface area contributed by atoms with Crippen LogP contribution in [0.25, 0.3) is 0 Å². The first-order valence-corrected chi connectivity index (χ1v) is 7.51. The van der Waals surface area contributed by atoms with Crippen molar-refractivity contribution < 1.29 is 9.59 Å². The van der Waals surface area contributed by atoms with Gasteiger partial charge in [0.25, 0.3) is 0 Å². The Bertz CT molecular complexity index is 508. The number of nitrogens with two attached hydrogens (primary N) is 1. The van der Waals surface area contributed by atoms with Gasteiger partial charge in [0.15, 0.2) is 0 Å². The minimum Gasteiger partial charge on any atom is -0.352 e. The maximum atomic E-state index is 11.9. The van der Waals surface area contributed by atoms with Gasteiger partial charge in [0.1, 0.15) is 0 Å². The normalized spacial score (nSPS) is 15.3. The van der Waals surface area contributed by atoms with E-state index in [4.69, 9.17) is 5.73 Å². The Morgan fingerprint density at radius 3 is 2.76 bits per heavy atom. The maximum absolute atomic E-state index is 11.9. The molecule has 0 heterocycles. The zero-order chi connectivity index (χ0) is 15.2. The van der Waals surface area contributed by atoms with Crippen LogP contribution >= 0.6 is 0 Å². The van der Waals surface area contributed by atoms with Crippen LogP contribution in [0.4, 0.5) is 5.69 Å². The summed E-state index contributed by atoms with van der Waals surface area (Å²) in [5.74, 6) is 0.115. The molecule has 1 aliphatic rings. The van der Waals surface area contributed by atoms with Gasteiger partial charge in [-0.05, 0) is 37.0 Å². The Morgan fingerprint density at radius 1 is 1.38 bits per heavy atom. The van der Waals surface area contributed by atoms with E-state index in [1.807, 2.05) is 31.2 Å². The second kappa shape index (κ2) is 7.22. The molecule has 0 saturated heterocycles. The topological polar surface area (TPSA) is 84.2 Å². The molecule has 2 amide bonds. The van der Waals surface area contributed by atoms with E-state index < -0.39 is 0 Å². The molecule has 1 atom stereocenters. The van der Waals surface area contributed by atoms with Gasteiger partial charge >= 0.3 is 0 Å². The maximum Gasteiger partial charge on any atom is 0.227 e. The van der Waals surface area contributed by atoms with E-state index in [1.165, 1.54) is 0 Å². The van der Waals surface area contributed by atoms with Crippen LogP contribution in [0.5, 0.6) is 0 Å². The first-order chi connectivity index (χ1) is 10.1. The van der Waals surface area contributed by atoms with E-state index in [9.17, 15) is 9.59 Å². The van der Waals surface area contributed by atoms with Gasteiger partial charge in [0.2, 0.25) is 11.8 Å². The molecular formula is C16H23N3O2. The fraction of sp³-hybridized carbons (Fsp3) is 0.500. The number of carbonyl (C=O) groups is 2. The Balaban J connectivity index is 1.88. The first kappa shape index (κ1) is 15.5. The monoisotopic (exact) mass is 289 g/mol. The summed E-state index contributed by atoms with van der Waals surface area (Å²) in [7, 11) is 0. The van der Waals surface area contributed by atoms with Crippen LogP contribution in [-0.2, 0) is 16.1 Å². The molecule has 1 saturated carbocycles. The summed E-state index contributed by atoms with van der Waals surface area (Å²) in [6.45, 7) is 2.76. The Kier molecular flexibility index (Phi) is 5.33. The van der Waals surface area contributed by atoms with Gasteiger partial charge in [0.05, 0.1) is 0 Å². The van der Waals surface area contributed by atoms with Crippen molar-refractivity contribution in [1.29, 1.82) is 0 Å². The predicted molar refractivity (Wildman–Crippen MR) is 82.5 cm³/mol. The van der Waals surface area contributed by atoms with Crippen molar-refractivity contribution in [3.8, 4) is 0 Å². The Morgan fingerprint density at radius 2 is 2.14 bits per heavy atom. The molecule has 0 bridgehead atoms. The van der Waals surface area contributed by atoms with Crippen LogP contribution < -0.4 is 16.4 Å². The van der Waals surface area contributed by atoms with E-state index in [0.29, 0.717) is 13.1 Å². The lowest BCUT2D eigenvalue weighted by molar-refractivity contribution is -0.125. The predicted octanol–water partition coefficient (Wildman–Crippen LogP) is 1.64. The molecule has 0 aromatic heterocycles. The average Bonchev–Trinajstić information content (AvgIpc) is 3.31. The molecule has 5 heteroatoms.